The molecule has 170 valence electrons. The molecule has 8 heteroatoms. The van der Waals surface area contributed by atoms with E-state index in [2.05, 4.69) is 36.1 Å². The predicted molar refractivity (Wildman–Crippen MR) is 131 cm³/mol. The highest BCUT2D eigenvalue weighted by Gasteiger charge is 2.34. The molecular formula is C24H29N3O3S2. The van der Waals surface area contributed by atoms with Gasteiger partial charge in [0.2, 0.25) is 5.91 Å². The number of hydrogen-bond acceptors (Lipinski definition) is 6. The second-order valence-corrected chi connectivity index (χ2v) is 11.2. The minimum absolute atomic E-state index is 0.160. The Morgan fingerprint density at radius 2 is 2.09 bits per heavy atom. The van der Waals surface area contributed by atoms with Gasteiger partial charge in [-0.1, -0.05) is 44.7 Å². The number of imidazole rings is 1. The molecule has 2 heterocycles. The Bertz CT molecular complexity index is 1110. The number of thioether (sulfide) groups is 1. The lowest BCUT2D eigenvalue weighted by molar-refractivity contribution is -0.113. The number of esters is 1. The lowest BCUT2D eigenvalue weighted by Gasteiger charge is -2.33. The zero-order chi connectivity index (χ0) is 22.9. The lowest BCUT2D eigenvalue weighted by atomic mass is 9.72. The van der Waals surface area contributed by atoms with E-state index in [1.54, 1.807) is 6.92 Å². The summed E-state index contributed by atoms with van der Waals surface area (Å²) in [6.07, 6.45) is 2.81. The molecule has 0 saturated carbocycles. The van der Waals surface area contributed by atoms with Gasteiger partial charge >= 0.3 is 5.97 Å². The summed E-state index contributed by atoms with van der Waals surface area (Å²) in [5.41, 5.74) is 3.62. The number of hydrogen-bond donors (Lipinski definition) is 2. The fraction of sp³-hybridized carbons (Fsp3) is 0.458. The van der Waals surface area contributed by atoms with E-state index in [0.29, 0.717) is 28.2 Å². The fourth-order valence-electron chi connectivity index (χ4n) is 4.13. The van der Waals surface area contributed by atoms with Gasteiger partial charge in [-0.15, -0.1) is 11.3 Å². The molecule has 0 unspecified atom stereocenters. The first-order valence-electron chi connectivity index (χ1n) is 10.9. The van der Waals surface area contributed by atoms with Crippen LogP contribution in [0.1, 0.15) is 54.9 Å². The summed E-state index contributed by atoms with van der Waals surface area (Å²) >= 11 is 2.87. The maximum absolute atomic E-state index is 12.8. The highest BCUT2D eigenvalue weighted by molar-refractivity contribution is 7.99. The number of ether oxygens (including phenoxy) is 1. The van der Waals surface area contributed by atoms with Crippen LogP contribution in [0.15, 0.2) is 29.4 Å². The highest BCUT2D eigenvalue weighted by Crippen LogP contribution is 2.44. The minimum atomic E-state index is -0.348. The molecule has 0 saturated heterocycles. The molecule has 4 rings (SSSR count). The monoisotopic (exact) mass is 471 g/mol. The molecule has 0 fully saturated rings. The summed E-state index contributed by atoms with van der Waals surface area (Å²) in [4.78, 5) is 34.4. The zero-order valence-corrected chi connectivity index (χ0v) is 20.5. The van der Waals surface area contributed by atoms with Gasteiger partial charge in [0, 0.05) is 4.88 Å². The largest absolute Gasteiger partial charge is 0.462 e. The van der Waals surface area contributed by atoms with E-state index in [9.17, 15) is 9.59 Å². The SMILES string of the molecule is CCOC(=O)c1c(NC(=O)CSc2nc3ccccc3[nH]2)sc2c1CC[C@H](C(C)(C)C)C2. The van der Waals surface area contributed by atoms with Crippen molar-refractivity contribution >= 4 is 51.0 Å². The zero-order valence-electron chi connectivity index (χ0n) is 18.9. The van der Waals surface area contributed by atoms with Crippen molar-refractivity contribution in [2.24, 2.45) is 11.3 Å². The molecule has 32 heavy (non-hydrogen) atoms. The molecule has 2 aromatic heterocycles. The van der Waals surface area contributed by atoms with Crippen molar-refractivity contribution in [3.8, 4) is 0 Å². The van der Waals surface area contributed by atoms with Crippen LogP contribution in [-0.4, -0.2) is 34.2 Å². The molecule has 1 aromatic carbocycles. The Morgan fingerprint density at radius 3 is 2.81 bits per heavy atom. The number of benzene rings is 1. The van der Waals surface area contributed by atoms with Crippen molar-refractivity contribution in [3.63, 3.8) is 0 Å². The number of rotatable bonds is 6. The number of fused-ring (bicyclic) bond motifs is 2. The molecule has 1 atom stereocenters. The van der Waals surface area contributed by atoms with Gasteiger partial charge < -0.3 is 15.0 Å². The number of nitrogens with one attached hydrogen (secondary N) is 2. The van der Waals surface area contributed by atoms with E-state index in [0.717, 1.165) is 35.9 Å². The van der Waals surface area contributed by atoms with E-state index < -0.39 is 0 Å². The van der Waals surface area contributed by atoms with Crippen molar-refractivity contribution in [1.82, 2.24) is 9.97 Å². The summed E-state index contributed by atoms with van der Waals surface area (Å²) in [6, 6.07) is 7.77. The Hall–Kier alpha value is -2.32. The first-order chi connectivity index (χ1) is 15.3. The smallest absolute Gasteiger partial charge is 0.341 e. The van der Waals surface area contributed by atoms with Crippen LogP contribution in [0.4, 0.5) is 5.00 Å². The van der Waals surface area contributed by atoms with Gasteiger partial charge in [-0.05, 0) is 55.2 Å². The van der Waals surface area contributed by atoms with Crippen molar-refractivity contribution < 1.29 is 14.3 Å². The van der Waals surface area contributed by atoms with E-state index >= 15 is 0 Å². The van der Waals surface area contributed by atoms with Gasteiger partial charge in [0.05, 0.1) is 29.0 Å². The van der Waals surface area contributed by atoms with Gasteiger partial charge in [-0.25, -0.2) is 9.78 Å². The second kappa shape index (κ2) is 9.27. The molecular weight excluding hydrogens is 442 g/mol. The number of anilines is 1. The van der Waals surface area contributed by atoms with E-state index in [1.165, 1.54) is 28.0 Å². The van der Waals surface area contributed by atoms with Crippen LogP contribution in [0.3, 0.4) is 0 Å². The van der Waals surface area contributed by atoms with Gasteiger partial charge in [0.1, 0.15) is 5.00 Å². The van der Waals surface area contributed by atoms with Crippen molar-refractivity contribution in [3.05, 3.63) is 40.3 Å². The number of thiophene rings is 1. The topological polar surface area (TPSA) is 84.1 Å². The summed E-state index contributed by atoms with van der Waals surface area (Å²) in [6.45, 7) is 8.90. The molecule has 2 N–H and O–H groups in total. The van der Waals surface area contributed by atoms with Gasteiger partial charge in [-0.2, -0.15) is 0 Å². The number of carbonyl (C=O) groups excluding carboxylic acids is 2. The third kappa shape index (κ3) is 4.86. The van der Waals surface area contributed by atoms with E-state index in [4.69, 9.17) is 4.74 Å². The van der Waals surface area contributed by atoms with Crippen molar-refractivity contribution in [1.29, 1.82) is 0 Å². The van der Waals surface area contributed by atoms with Crippen molar-refractivity contribution in [2.75, 3.05) is 17.7 Å². The van der Waals surface area contributed by atoms with E-state index in [1.807, 2.05) is 24.3 Å². The van der Waals surface area contributed by atoms with Crippen LogP contribution in [0.25, 0.3) is 11.0 Å². The Kier molecular flexibility index (Phi) is 6.62. The lowest BCUT2D eigenvalue weighted by Crippen LogP contribution is -2.26. The molecule has 1 amide bonds. The summed E-state index contributed by atoms with van der Waals surface area (Å²) < 4.78 is 5.33. The van der Waals surface area contributed by atoms with Crippen molar-refractivity contribution in [2.45, 2.75) is 52.1 Å². The number of carbonyl (C=O) groups is 2. The molecule has 1 aliphatic rings. The van der Waals surface area contributed by atoms with Crippen LogP contribution >= 0.6 is 23.1 Å². The third-order valence-electron chi connectivity index (χ3n) is 5.93. The van der Waals surface area contributed by atoms with Crippen LogP contribution in [0, 0.1) is 11.3 Å². The number of aromatic nitrogens is 2. The standard InChI is InChI=1S/C24H29N3O3S2/c1-5-30-22(29)20-15-11-10-14(24(2,3)4)12-18(15)32-21(20)27-19(28)13-31-23-25-16-8-6-7-9-17(16)26-23/h6-9,14H,5,10-13H2,1-4H3,(H,25,26)(H,27,28)/t14-/m0/s1. The summed E-state index contributed by atoms with van der Waals surface area (Å²) in [5, 5.41) is 4.29. The van der Waals surface area contributed by atoms with Gasteiger partial charge in [0.25, 0.3) is 0 Å². The maximum Gasteiger partial charge on any atom is 0.341 e. The number of nitrogens with zero attached hydrogens (tertiary/aromatic N) is 1. The number of para-hydroxylation sites is 2. The summed E-state index contributed by atoms with van der Waals surface area (Å²) in [5.74, 6) is 0.247. The molecule has 0 aliphatic heterocycles. The molecule has 6 nitrogen and oxygen atoms in total. The molecule has 1 aliphatic carbocycles. The minimum Gasteiger partial charge on any atom is -0.462 e. The molecule has 0 bridgehead atoms. The molecule has 0 spiro atoms. The van der Waals surface area contributed by atoms with Crippen LogP contribution in [0.5, 0.6) is 0 Å². The first-order valence-corrected chi connectivity index (χ1v) is 12.8. The number of H-pyrrole nitrogens is 1. The van der Waals surface area contributed by atoms with Crippen LogP contribution < -0.4 is 5.32 Å². The third-order valence-corrected chi connectivity index (χ3v) is 7.97. The van der Waals surface area contributed by atoms with Crippen LogP contribution in [0.2, 0.25) is 0 Å². The second-order valence-electron chi connectivity index (χ2n) is 9.13. The molecule has 0 radical (unpaired) electrons. The van der Waals surface area contributed by atoms with Crippen LogP contribution in [-0.2, 0) is 22.4 Å². The number of aromatic amines is 1. The average molecular weight is 472 g/mol. The first kappa shape index (κ1) is 22.9. The van der Waals surface area contributed by atoms with Gasteiger partial charge in [-0.3, -0.25) is 4.79 Å². The normalized spacial score (nSPS) is 16.1. The van der Waals surface area contributed by atoms with Gasteiger partial charge in [0.15, 0.2) is 5.16 Å². The average Bonchev–Trinajstić information content (AvgIpc) is 3.31. The highest BCUT2D eigenvalue weighted by atomic mass is 32.2. The maximum atomic E-state index is 12.8. The van der Waals surface area contributed by atoms with E-state index in [-0.39, 0.29) is 23.0 Å². The Balaban J connectivity index is 1.50. The number of amides is 1. The Morgan fingerprint density at radius 1 is 1.31 bits per heavy atom. The quantitative estimate of drug-likeness (QED) is 0.357. The Labute approximate surface area is 196 Å². The summed E-state index contributed by atoms with van der Waals surface area (Å²) in [7, 11) is 0. The fourth-order valence-corrected chi connectivity index (χ4v) is 6.14. The predicted octanol–water partition coefficient (Wildman–Crippen LogP) is 5.68. The molecule has 3 aromatic rings.